The van der Waals surface area contributed by atoms with E-state index in [0.29, 0.717) is 26.9 Å². The number of benzene rings is 2. The van der Waals surface area contributed by atoms with E-state index in [2.05, 4.69) is 0 Å². The van der Waals surface area contributed by atoms with E-state index >= 15 is 0 Å². The molecule has 2 rings (SSSR count). The number of halogens is 2. The van der Waals surface area contributed by atoms with Crippen molar-refractivity contribution in [2.24, 2.45) is 0 Å². The highest BCUT2D eigenvalue weighted by molar-refractivity contribution is 6.32. The predicted octanol–water partition coefficient (Wildman–Crippen LogP) is 4.37. The molecule has 0 fully saturated rings. The van der Waals surface area contributed by atoms with Gasteiger partial charge in [0.1, 0.15) is 5.75 Å². The molecule has 0 aliphatic rings. The molecule has 1 N–H and O–H groups in total. The highest BCUT2D eigenvalue weighted by Crippen LogP contribution is 2.33. The third-order valence-corrected chi connectivity index (χ3v) is 3.21. The summed E-state index contributed by atoms with van der Waals surface area (Å²) in [5, 5.41) is 10.1. The first-order chi connectivity index (χ1) is 9.02. The number of methoxy groups -OCH3 is 1. The maximum atomic E-state index is 11.2. The summed E-state index contributed by atoms with van der Waals surface area (Å²) >= 11 is 12.0. The summed E-state index contributed by atoms with van der Waals surface area (Å²) in [7, 11) is 1.52. The van der Waals surface area contributed by atoms with E-state index in [1.165, 1.54) is 13.2 Å². The zero-order valence-electron chi connectivity index (χ0n) is 9.98. The zero-order chi connectivity index (χ0) is 14.0. The van der Waals surface area contributed by atoms with E-state index in [1.807, 2.05) is 0 Å². The van der Waals surface area contributed by atoms with Crippen molar-refractivity contribution in [1.29, 1.82) is 0 Å². The fraction of sp³-hybridized carbons (Fsp3) is 0.0714. The second-order valence-corrected chi connectivity index (χ2v) is 4.69. The van der Waals surface area contributed by atoms with Gasteiger partial charge in [-0.25, -0.2) is 4.79 Å². The van der Waals surface area contributed by atoms with Crippen molar-refractivity contribution in [2.75, 3.05) is 7.11 Å². The first-order valence-electron chi connectivity index (χ1n) is 5.39. The summed E-state index contributed by atoms with van der Waals surface area (Å²) in [6, 6.07) is 9.69. The van der Waals surface area contributed by atoms with Crippen molar-refractivity contribution in [1.82, 2.24) is 0 Å². The minimum atomic E-state index is -1.02. The quantitative estimate of drug-likeness (QED) is 0.915. The molecule has 5 heteroatoms. The van der Waals surface area contributed by atoms with E-state index in [0.717, 1.165) is 0 Å². The Kier molecular flexibility index (Phi) is 3.98. The molecule has 0 heterocycles. The van der Waals surface area contributed by atoms with Gasteiger partial charge in [0.2, 0.25) is 0 Å². The first-order valence-corrected chi connectivity index (χ1v) is 6.15. The Morgan fingerprint density at radius 2 is 1.89 bits per heavy atom. The second-order valence-electron chi connectivity index (χ2n) is 3.84. The SMILES string of the molecule is COc1ccc(-c2cc(Cl)ccc2C(=O)O)cc1Cl. The number of carboxylic acid groups (broad SMARTS) is 1. The number of rotatable bonds is 3. The molecule has 0 unspecified atom stereocenters. The minimum absolute atomic E-state index is 0.172. The number of aromatic carboxylic acids is 1. The van der Waals surface area contributed by atoms with Crippen molar-refractivity contribution < 1.29 is 14.6 Å². The lowest BCUT2D eigenvalue weighted by Gasteiger charge is -2.09. The monoisotopic (exact) mass is 296 g/mol. The van der Waals surface area contributed by atoms with Gasteiger partial charge in [-0.3, -0.25) is 0 Å². The fourth-order valence-corrected chi connectivity index (χ4v) is 2.21. The average Bonchev–Trinajstić information content (AvgIpc) is 2.38. The highest BCUT2D eigenvalue weighted by atomic mass is 35.5. The van der Waals surface area contributed by atoms with Crippen LogP contribution in [0.2, 0.25) is 10.0 Å². The second kappa shape index (κ2) is 5.51. The summed E-state index contributed by atoms with van der Waals surface area (Å²) in [5.74, 6) is -0.483. The molecule has 0 saturated carbocycles. The summed E-state index contributed by atoms with van der Waals surface area (Å²) in [4.78, 5) is 11.2. The third-order valence-electron chi connectivity index (χ3n) is 2.67. The van der Waals surface area contributed by atoms with Gasteiger partial charge in [-0.1, -0.05) is 29.3 Å². The summed E-state index contributed by atoms with van der Waals surface area (Å²) in [6.07, 6.45) is 0. The molecule has 19 heavy (non-hydrogen) atoms. The van der Waals surface area contributed by atoms with Gasteiger partial charge in [0, 0.05) is 5.02 Å². The molecule has 0 atom stereocenters. The van der Waals surface area contributed by atoms with Crippen LogP contribution in [0, 0.1) is 0 Å². The molecule has 0 aliphatic heterocycles. The summed E-state index contributed by atoms with van der Waals surface area (Å²) in [6.45, 7) is 0. The standard InChI is InChI=1S/C14H10Cl2O3/c1-19-13-5-2-8(6-12(13)16)11-7-9(15)3-4-10(11)14(17)18/h2-7H,1H3,(H,17,18). The van der Waals surface area contributed by atoms with E-state index in [1.54, 1.807) is 30.3 Å². The topological polar surface area (TPSA) is 46.5 Å². The van der Waals surface area contributed by atoms with E-state index in [9.17, 15) is 9.90 Å². The number of carbonyl (C=O) groups is 1. The van der Waals surface area contributed by atoms with Gasteiger partial charge >= 0.3 is 5.97 Å². The van der Waals surface area contributed by atoms with Gasteiger partial charge in [0.25, 0.3) is 0 Å². The van der Waals surface area contributed by atoms with Crippen LogP contribution in [0.25, 0.3) is 11.1 Å². The van der Waals surface area contributed by atoms with Gasteiger partial charge in [0.05, 0.1) is 17.7 Å². The molecule has 0 spiro atoms. The number of hydrogen-bond donors (Lipinski definition) is 1. The predicted molar refractivity (Wildman–Crippen MR) is 75.4 cm³/mol. The normalized spacial score (nSPS) is 10.3. The lowest BCUT2D eigenvalue weighted by Crippen LogP contribution is -1.99. The maximum absolute atomic E-state index is 11.2. The molecule has 98 valence electrons. The minimum Gasteiger partial charge on any atom is -0.495 e. The molecule has 0 radical (unpaired) electrons. The number of carboxylic acids is 1. The van der Waals surface area contributed by atoms with Crippen LogP contribution in [0.15, 0.2) is 36.4 Å². The van der Waals surface area contributed by atoms with Crippen LogP contribution >= 0.6 is 23.2 Å². The van der Waals surface area contributed by atoms with Crippen LogP contribution in [0.4, 0.5) is 0 Å². The third kappa shape index (κ3) is 2.83. The molecule has 2 aromatic rings. The maximum Gasteiger partial charge on any atom is 0.336 e. The van der Waals surface area contributed by atoms with E-state index in [4.69, 9.17) is 27.9 Å². The Morgan fingerprint density at radius 1 is 1.16 bits per heavy atom. The lowest BCUT2D eigenvalue weighted by atomic mass is 9.99. The Hall–Kier alpha value is -1.71. The Labute approximate surface area is 120 Å². The molecule has 0 saturated heterocycles. The van der Waals surface area contributed by atoms with Crippen LogP contribution in [0.5, 0.6) is 5.75 Å². The van der Waals surface area contributed by atoms with Crippen molar-refractivity contribution in [3.8, 4) is 16.9 Å². The van der Waals surface area contributed by atoms with Crippen molar-refractivity contribution in [3.63, 3.8) is 0 Å². The highest BCUT2D eigenvalue weighted by Gasteiger charge is 2.13. The van der Waals surface area contributed by atoms with Crippen LogP contribution in [0.3, 0.4) is 0 Å². The molecule has 2 aromatic carbocycles. The summed E-state index contributed by atoms with van der Waals surface area (Å²) in [5.41, 5.74) is 1.36. The van der Waals surface area contributed by atoms with Gasteiger partial charge in [-0.05, 0) is 41.5 Å². The fourth-order valence-electron chi connectivity index (χ4n) is 1.78. The van der Waals surface area contributed by atoms with Crippen molar-refractivity contribution >= 4 is 29.2 Å². The Bertz CT molecular complexity index is 639. The van der Waals surface area contributed by atoms with Crippen LogP contribution in [-0.4, -0.2) is 18.2 Å². The zero-order valence-corrected chi connectivity index (χ0v) is 11.5. The largest absolute Gasteiger partial charge is 0.495 e. The van der Waals surface area contributed by atoms with Crippen LogP contribution < -0.4 is 4.74 Å². The van der Waals surface area contributed by atoms with Gasteiger partial charge in [-0.2, -0.15) is 0 Å². The first kappa shape index (κ1) is 13.7. The van der Waals surface area contributed by atoms with Gasteiger partial charge < -0.3 is 9.84 Å². The van der Waals surface area contributed by atoms with Crippen LogP contribution in [0.1, 0.15) is 10.4 Å². The molecular weight excluding hydrogens is 287 g/mol. The molecule has 0 aliphatic carbocycles. The van der Waals surface area contributed by atoms with E-state index in [-0.39, 0.29) is 5.56 Å². The van der Waals surface area contributed by atoms with Crippen molar-refractivity contribution in [2.45, 2.75) is 0 Å². The molecule has 0 aromatic heterocycles. The molecular formula is C14H10Cl2O3. The van der Waals surface area contributed by atoms with Crippen LogP contribution in [-0.2, 0) is 0 Å². The smallest absolute Gasteiger partial charge is 0.336 e. The molecule has 0 bridgehead atoms. The number of ether oxygens (including phenoxy) is 1. The Balaban J connectivity index is 2.61. The van der Waals surface area contributed by atoms with Gasteiger partial charge in [-0.15, -0.1) is 0 Å². The van der Waals surface area contributed by atoms with Gasteiger partial charge in [0.15, 0.2) is 0 Å². The van der Waals surface area contributed by atoms with E-state index < -0.39 is 5.97 Å². The Morgan fingerprint density at radius 3 is 2.47 bits per heavy atom. The lowest BCUT2D eigenvalue weighted by molar-refractivity contribution is 0.0698. The van der Waals surface area contributed by atoms with Crippen molar-refractivity contribution in [3.05, 3.63) is 52.0 Å². The molecule has 0 amide bonds. The average molecular weight is 297 g/mol. The number of hydrogen-bond acceptors (Lipinski definition) is 2. The summed E-state index contributed by atoms with van der Waals surface area (Å²) < 4.78 is 5.06. The molecule has 3 nitrogen and oxygen atoms in total.